The van der Waals surface area contributed by atoms with Gasteiger partial charge in [0.05, 0.1) is 28.5 Å². The molecule has 0 radical (unpaired) electrons. The van der Waals surface area contributed by atoms with Crippen molar-refractivity contribution in [2.24, 2.45) is 0 Å². The Morgan fingerprint density at radius 2 is 1.91 bits per heavy atom. The summed E-state index contributed by atoms with van der Waals surface area (Å²) in [5.74, 6) is -0.448. The van der Waals surface area contributed by atoms with Gasteiger partial charge in [0.1, 0.15) is 18.0 Å². The summed E-state index contributed by atoms with van der Waals surface area (Å²) >= 11 is 6.12. The molecular weight excluding hydrogens is 433 g/mol. The van der Waals surface area contributed by atoms with Crippen molar-refractivity contribution in [1.82, 2.24) is 29.5 Å². The third kappa shape index (κ3) is 3.48. The molecule has 32 heavy (non-hydrogen) atoms. The van der Waals surface area contributed by atoms with E-state index in [9.17, 15) is 9.18 Å². The van der Waals surface area contributed by atoms with E-state index in [0.29, 0.717) is 33.4 Å². The molecule has 0 fully saturated rings. The molecule has 0 saturated carbocycles. The molecule has 0 aliphatic heterocycles. The molecule has 2 aromatic carbocycles. The van der Waals surface area contributed by atoms with Crippen molar-refractivity contribution in [2.45, 2.75) is 6.92 Å². The predicted molar refractivity (Wildman–Crippen MR) is 118 cm³/mol. The maximum Gasteiger partial charge on any atom is 0.259 e. The first-order chi connectivity index (χ1) is 15.5. The van der Waals surface area contributed by atoms with Gasteiger partial charge in [0.2, 0.25) is 0 Å². The molecule has 10 heteroatoms. The fourth-order valence-corrected chi connectivity index (χ4v) is 3.56. The number of carbonyl (C=O) groups excluding carboxylic acids is 1. The zero-order chi connectivity index (χ0) is 22.2. The Balaban J connectivity index is 1.58. The highest BCUT2D eigenvalue weighted by Gasteiger charge is 2.19. The van der Waals surface area contributed by atoms with Crippen LogP contribution in [0.4, 0.5) is 10.2 Å². The fraction of sp³-hybridized carbons (Fsp3) is 0.0455. The molecule has 0 spiro atoms. The van der Waals surface area contributed by atoms with E-state index in [1.807, 2.05) is 12.1 Å². The lowest BCUT2D eigenvalue weighted by Gasteiger charge is -2.09. The summed E-state index contributed by atoms with van der Waals surface area (Å²) in [6.07, 6.45) is 3.00. The molecule has 0 aliphatic carbocycles. The number of halogens is 2. The van der Waals surface area contributed by atoms with Gasteiger partial charge in [0.15, 0.2) is 11.5 Å². The minimum atomic E-state index is -0.611. The molecule has 3 aromatic heterocycles. The Morgan fingerprint density at radius 1 is 1.06 bits per heavy atom. The van der Waals surface area contributed by atoms with Crippen molar-refractivity contribution in [3.63, 3.8) is 0 Å². The van der Waals surface area contributed by atoms with Gasteiger partial charge in [0, 0.05) is 11.1 Å². The van der Waals surface area contributed by atoms with E-state index < -0.39 is 11.7 Å². The van der Waals surface area contributed by atoms with Crippen LogP contribution in [0.15, 0.2) is 67.1 Å². The maximum atomic E-state index is 14.0. The number of aryl methyl sites for hydroxylation is 1. The Bertz CT molecular complexity index is 1480. The van der Waals surface area contributed by atoms with Crippen molar-refractivity contribution >= 4 is 34.4 Å². The molecule has 158 valence electrons. The molecule has 0 atom stereocenters. The monoisotopic (exact) mass is 447 g/mol. The summed E-state index contributed by atoms with van der Waals surface area (Å²) in [5.41, 5.74) is 1.85. The molecule has 0 bridgehead atoms. The highest BCUT2D eigenvalue weighted by atomic mass is 35.5. The molecule has 1 N–H and O–H groups in total. The first-order valence-corrected chi connectivity index (χ1v) is 9.96. The lowest BCUT2D eigenvalue weighted by molar-refractivity contribution is 0.102. The van der Waals surface area contributed by atoms with Crippen LogP contribution in [0.25, 0.3) is 22.5 Å². The summed E-state index contributed by atoms with van der Waals surface area (Å²) in [6.45, 7) is 1.78. The summed E-state index contributed by atoms with van der Waals surface area (Å²) in [4.78, 5) is 21.4. The molecule has 0 saturated heterocycles. The van der Waals surface area contributed by atoms with Crippen molar-refractivity contribution in [3.05, 3.63) is 89.2 Å². The van der Waals surface area contributed by atoms with Crippen molar-refractivity contribution in [3.8, 4) is 11.5 Å². The molecule has 5 aromatic rings. The lowest BCUT2D eigenvalue weighted by Crippen LogP contribution is -2.17. The third-order valence-electron chi connectivity index (χ3n) is 4.79. The van der Waals surface area contributed by atoms with Crippen LogP contribution in [0.1, 0.15) is 16.1 Å². The molecule has 0 aliphatic rings. The maximum absolute atomic E-state index is 14.0. The normalized spacial score (nSPS) is 11.1. The molecule has 1 amide bonds. The van der Waals surface area contributed by atoms with Gasteiger partial charge in [-0.1, -0.05) is 29.8 Å². The van der Waals surface area contributed by atoms with E-state index in [1.54, 1.807) is 42.1 Å². The number of anilines is 1. The van der Waals surface area contributed by atoms with Crippen LogP contribution in [0.5, 0.6) is 0 Å². The number of fused-ring (bicyclic) bond motifs is 1. The summed E-state index contributed by atoms with van der Waals surface area (Å²) in [5, 5.41) is 12.8. The quantitative estimate of drug-likeness (QED) is 0.442. The van der Waals surface area contributed by atoms with Crippen molar-refractivity contribution in [1.29, 1.82) is 0 Å². The van der Waals surface area contributed by atoms with E-state index in [-0.39, 0.29) is 5.56 Å². The molecule has 0 unspecified atom stereocenters. The van der Waals surface area contributed by atoms with Crippen molar-refractivity contribution in [2.75, 3.05) is 5.32 Å². The van der Waals surface area contributed by atoms with Crippen LogP contribution in [0, 0.1) is 12.7 Å². The standard InChI is InChI=1S/C22H15ClFN7O/c1-13-9-19(28-22(32)16-7-2-3-8-18(16)24)31(29-13)21-17-11-27-30(20(17)25-12-26-21)15-6-4-5-14(23)10-15/h2-12H,1H3,(H,28,32). The van der Waals surface area contributed by atoms with Gasteiger partial charge in [-0.15, -0.1) is 0 Å². The van der Waals surface area contributed by atoms with E-state index in [2.05, 4.69) is 25.5 Å². The van der Waals surface area contributed by atoms with Crippen LogP contribution in [-0.4, -0.2) is 35.4 Å². The Hall–Kier alpha value is -4.11. The van der Waals surface area contributed by atoms with Gasteiger partial charge in [-0.25, -0.2) is 19.0 Å². The lowest BCUT2D eigenvalue weighted by atomic mass is 10.2. The van der Waals surface area contributed by atoms with Crippen molar-refractivity contribution < 1.29 is 9.18 Å². The summed E-state index contributed by atoms with van der Waals surface area (Å²) < 4.78 is 17.2. The van der Waals surface area contributed by atoms with E-state index in [1.165, 1.54) is 29.2 Å². The largest absolute Gasteiger partial charge is 0.306 e. The SMILES string of the molecule is Cc1cc(NC(=O)c2ccccc2F)n(-c2ncnc3c2cnn3-c2cccc(Cl)c2)n1. The number of aromatic nitrogens is 6. The van der Waals surface area contributed by atoms with Gasteiger partial charge in [-0.2, -0.15) is 14.9 Å². The zero-order valence-electron chi connectivity index (χ0n) is 16.7. The number of amides is 1. The minimum Gasteiger partial charge on any atom is -0.306 e. The predicted octanol–water partition coefficient (Wildman–Crippen LogP) is 4.35. The summed E-state index contributed by atoms with van der Waals surface area (Å²) in [6, 6.07) is 14.7. The fourth-order valence-electron chi connectivity index (χ4n) is 3.38. The summed E-state index contributed by atoms with van der Waals surface area (Å²) in [7, 11) is 0. The Morgan fingerprint density at radius 3 is 2.72 bits per heavy atom. The van der Waals surface area contributed by atoms with E-state index in [4.69, 9.17) is 11.6 Å². The molecule has 8 nitrogen and oxygen atoms in total. The number of hydrogen-bond acceptors (Lipinski definition) is 5. The van der Waals surface area contributed by atoms with Crippen LogP contribution in [0.2, 0.25) is 5.02 Å². The second-order valence-electron chi connectivity index (χ2n) is 6.99. The average molecular weight is 448 g/mol. The van der Waals surface area contributed by atoms with Gasteiger partial charge in [-0.05, 0) is 37.3 Å². The number of rotatable bonds is 4. The van der Waals surface area contributed by atoms with Gasteiger partial charge in [-0.3, -0.25) is 4.79 Å². The molecule has 5 rings (SSSR count). The third-order valence-corrected chi connectivity index (χ3v) is 5.02. The first kappa shape index (κ1) is 19.8. The highest BCUT2D eigenvalue weighted by molar-refractivity contribution is 6.30. The zero-order valence-corrected chi connectivity index (χ0v) is 17.5. The number of hydrogen-bond donors (Lipinski definition) is 1. The molecule has 3 heterocycles. The van der Waals surface area contributed by atoms with Crippen LogP contribution >= 0.6 is 11.6 Å². The first-order valence-electron chi connectivity index (χ1n) is 9.59. The van der Waals surface area contributed by atoms with Gasteiger partial charge < -0.3 is 5.32 Å². The van der Waals surface area contributed by atoms with Gasteiger partial charge in [0.25, 0.3) is 5.91 Å². The van der Waals surface area contributed by atoms with E-state index in [0.717, 1.165) is 5.69 Å². The average Bonchev–Trinajstić information content (AvgIpc) is 3.37. The number of carbonyl (C=O) groups is 1. The Kier molecular flexibility index (Phi) is 4.87. The van der Waals surface area contributed by atoms with Crippen LogP contribution in [-0.2, 0) is 0 Å². The number of nitrogens with zero attached hydrogens (tertiary/aromatic N) is 6. The Labute approximate surface area is 186 Å². The van der Waals surface area contributed by atoms with Crippen LogP contribution in [0.3, 0.4) is 0 Å². The van der Waals surface area contributed by atoms with Crippen LogP contribution < -0.4 is 5.32 Å². The van der Waals surface area contributed by atoms with Gasteiger partial charge >= 0.3 is 0 Å². The second-order valence-corrected chi connectivity index (χ2v) is 7.42. The molecular formula is C22H15ClFN7O. The van der Waals surface area contributed by atoms with E-state index >= 15 is 0 Å². The minimum absolute atomic E-state index is 0.0699. The second kappa shape index (κ2) is 7.86. The number of benzene rings is 2. The topological polar surface area (TPSA) is 90.5 Å². The smallest absolute Gasteiger partial charge is 0.259 e. The highest BCUT2D eigenvalue weighted by Crippen LogP contribution is 2.25. The number of nitrogens with one attached hydrogen (secondary N) is 1.